The number of hydrogen-bond donors (Lipinski definition) is 1. The minimum atomic E-state index is -0.710. The molecule has 0 aliphatic carbocycles. The molecule has 0 radical (unpaired) electrons. The summed E-state index contributed by atoms with van der Waals surface area (Å²) in [4.78, 5) is 0. The summed E-state index contributed by atoms with van der Waals surface area (Å²) in [6.07, 6.45) is 1.75. The van der Waals surface area contributed by atoms with Crippen molar-refractivity contribution in [3.8, 4) is 0 Å². The first-order valence-electron chi connectivity index (χ1n) is 6.72. The number of aliphatic hydroxyl groups is 1. The summed E-state index contributed by atoms with van der Waals surface area (Å²) in [5.41, 5.74) is 2.40. The van der Waals surface area contributed by atoms with Gasteiger partial charge < -0.3 is 9.84 Å². The Morgan fingerprint density at radius 3 is 2.05 bits per heavy atom. The highest BCUT2D eigenvalue weighted by molar-refractivity contribution is 5.15. The topological polar surface area (TPSA) is 29.5 Å². The number of benzene rings is 2. The summed E-state index contributed by atoms with van der Waals surface area (Å²) in [5.74, 6) is 0. The fourth-order valence-electron chi connectivity index (χ4n) is 2.01. The lowest BCUT2D eigenvalue weighted by molar-refractivity contribution is -0.0978. The summed E-state index contributed by atoms with van der Waals surface area (Å²) in [6.45, 7) is 0.586. The minimum absolute atomic E-state index is 0.548. The molecule has 2 aromatic rings. The van der Waals surface area contributed by atoms with Gasteiger partial charge in [0.1, 0.15) is 0 Å². The maximum Gasteiger partial charge on any atom is 0.158 e. The van der Waals surface area contributed by atoms with E-state index in [0.29, 0.717) is 13.0 Å². The highest BCUT2D eigenvalue weighted by Gasteiger charge is 2.04. The Hall–Kier alpha value is -1.64. The van der Waals surface area contributed by atoms with E-state index in [1.54, 1.807) is 0 Å². The fraction of sp³-hybridized carbons (Fsp3) is 0.294. The van der Waals surface area contributed by atoms with Gasteiger partial charge in [0.15, 0.2) is 6.29 Å². The van der Waals surface area contributed by atoms with Crippen molar-refractivity contribution >= 4 is 0 Å². The van der Waals surface area contributed by atoms with E-state index in [9.17, 15) is 5.11 Å². The summed E-state index contributed by atoms with van der Waals surface area (Å²) >= 11 is 0. The third-order valence-corrected chi connectivity index (χ3v) is 3.02. The molecule has 0 fully saturated rings. The van der Waals surface area contributed by atoms with Gasteiger partial charge in [-0.05, 0) is 24.0 Å². The molecular formula is C17H20O2. The van der Waals surface area contributed by atoms with E-state index >= 15 is 0 Å². The van der Waals surface area contributed by atoms with Crippen LogP contribution in [-0.4, -0.2) is 18.0 Å². The highest BCUT2D eigenvalue weighted by Crippen LogP contribution is 2.06. The van der Waals surface area contributed by atoms with E-state index in [1.165, 1.54) is 5.56 Å². The zero-order valence-corrected chi connectivity index (χ0v) is 11.0. The molecule has 0 aliphatic heterocycles. The van der Waals surface area contributed by atoms with E-state index < -0.39 is 6.29 Å². The van der Waals surface area contributed by atoms with Crippen LogP contribution in [0.4, 0.5) is 0 Å². The van der Waals surface area contributed by atoms with Gasteiger partial charge in [-0.15, -0.1) is 0 Å². The molecule has 0 amide bonds. The van der Waals surface area contributed by atoms with Crippen LogP contribution < -0.4 is 0 Å². The SMILES string of the molecule is OC(Cc1ccccc1)OCCCc1ccccc1. The molecule has 1 atom stereocenters. The zero-order valence-electron chi connectivity index (χ0n) is 11.0. The lowest BCUT2D eigenvalue weighted by Crippen LogP contribution is -2.16. The van der Waals surface area contributed by atoms with Gasteiger partial charge in [-0.3, -0.25) is 0 Å². The number of rotatable bonds is 7. The first kappa shape index (κ1) is 13.8. The van der Waals surface area contributed by atoms with Crippen molar-refractivity contribution in [2.45, 2.75) is 25.6 Å². The zero-order chi connectivity index (χ0) is 13.3. The summed E-state index contributed by atoms with van der Waals surface area (Å²) in [5, 5.41) is 9.78. The second-order valence-electron chi connectivity index (χ2n) is 4.60. The Balaban J connectivity index is 1.63. The predicted molar refractivity (Wildman–Crippen MR) is 76.9 cm³/mol. The molecule has 19 heavy (non-hydrogen) atoms. The van der Waals surface area contributed by atoms with E-state index in [2.05, 4.69) is 12.1 Å². The van der Waals surface area contributed by atoms with E-state index in [1.807, 2.05) is 48.5 Å². The van der Waals surface area contributed by atoms with Crippen molar-refractivity contribution in [1.82, 2.24) is 0 Å². The molecule has 0 saturated heterocycles. The molecule has 0 spiro atoms. The summed E-state index contributed by atoms with van der Waals surface area (Å²) in [6, 6.07) is 20.2. The average molecular weight is 256 g/mol. The normalized spacial score (nSPS) is 12.3. The minimum Gasteiger partial charge on any atom is -0.368 e. The van der Waals surface area contributed by atoms with Gasteiger partial charge in [-0.2, -0.15) is 0 Å². The van der Waals surface area contributed by atoms with Crippen molar-refractivity contribution in [3.63, 3.8) is 0 Å². The largest absolute Gasteiger partial charge is 0.368 e. The van der Waals surface area contributed by atoms with Gasteiger partial charge in [0, 0.05) is 6.42 Å². The lowest BCUT2D eigenvalue weighted by Gasteiger charge is -2.12. The molecule has 0 heterocycles. The molecule has 2 rings (SSSR count). The molecule has 0 aromatic heterocycles. The van der Waals surface area contributed by atoms with Crippen LogP contribution in [0.3, 0.4) is 0 Å². The maximum atomic E-state index is 9.78. The molecule has 0 bridgehead atoms. The van der Waals surface area contributed by atoms with Crippen LogP contribution in [0.5, 0.6) is 0 Å². The van der Waals surface area contributed by atoms with Crippen LogP contribution >= 0.6 is 0 Å². The molecular weight excluding hydrogens is 236 g/mol. The Morgan fingerprint density at radius 2 is 1.42 bits per heavy atom. The first-order valence-corrected chi connectivity index (χ1v) is 6.72. The molecule has 1 unspecified atom stereocenters. The third kappa shape index (κ3) is 5.25. The first-order chi connectivity index (χ1) is 9.34. The molecule has 2 heteroatoms. The number of hydrogen-bond acceptors (Lipinski definition) is 2. The molecule has 0 aliphatic rings. The second kappa shape index (κ2) is 7.72. The van der Waals surface area contributed by atoms with Gasteiger partial charge in [0.05, 0.1) is 6.61 Å². The van der Waals surface area contributed by atoms with Gasteiger partial charge in [0.25, 0.3) is 0 Å². The van der Waals surface area contributed by atoms with Crippen LogP contribution in [0.1, 0.15) is 17.5 Å². The number of ether oxygens (including phenoxy) is 1. The Kier molecular flexibility index (Phi) is 5.60. The van der Waals surface area contributed by atoms with Crippen LogP contribution in [0.2, 0.25) is 0 Å². The fourth-order valence-corrected chi connectivity index (χ4v) is 2.01. The van der Waals surface area contributed by atoms with Crippen LogP contribution in [0, 0.1) is 0 Å². The smallest absolute Gasteiger partial charge is 0.158 e. The molecule has 1 N–H and O–H groups in total. The standard InChI is InChI=1S/C17H20O2/c18-17(14-16-10-5-2-6-11-16)19-13-7-12-15-8-3-1-4-9-15/h1-6,8-11,17-18H,7,12-14H2. The second-order valence-corrected chi connectivity index (χ2v) is 4.60. The van der Waals surface area contributed by atoms with Crippen molar-refractivity contribution in [3.05, 3.63) is 71.8 Å². The summed E-state index contributed by atoms with van der Waals surface area (Å²) in [7, 11) is 0. The van der Waals surface area contributed by atoms with Gasteiger partial charge in [0.2, 0.25) is 0 Å². The van der Waals surface area contributed by atoms with Crippen molar-refractivity contribution in [2.75, 3.05) is 6.61 Å². The van der Waals surface area contributed by atoms with Gasteiger partial charge in [-0.25, -0.2) is 0 Å². The predicted octanol–water partition coefficient (Wildman–Crippen LogP) is 3.20. The Bertz CT molecular complexity index is 453. The lowest BCUT2D eigenvalue weighted by atomic mass is 10.1. The van der Waals surface area contributed by atoms with E-state index in [-0.39, 0.29) is 0 Å². The van der Waals surface area contributed by atoms with Gasteiger partial charge >= 0.3 is 0 Å². The van der Waals surface area contributed by atoms with Crippen molar-refractivity contribution < 1.29 is 9.84 Å². The van der Waals surface area contributed by atoms with E-state index in [0.717, 1.165) is 18.4 Å². The van der Waals surface area contributed by atoms with Crippen molar-refractivity contribution in [1.29, 1.82) is 0 Å². The van der Waals surface area contributed by atoms with Crippen LogP contribution in [0.15, 0.2) is 60.7 Å². The average Bonchev–Trinajstić information content (AvgIpc) is 2.46. The van der Waals surface area contributed by atoms with E-state index in [4.69, 9.17) is 4.74 Å². The highest BCUT2D eigenvalue weighted by atomic mass is 16.6. The quantitative estimate of drug-likeness (QED) is 0.609. The van der Waals surface area contributed by atoms with Crippen molar-refractivity contribution in [2.24, 2.45) is 0 Å². The number of aliphatic hydroxyl groups excluding tert-OH is 1. The van der Waals surface area contributed by atoms with Crippen LogP contribution in [-0.2, 0) is 17.6 Å². The molecule has 100 valence electrons. The summed E-state index contributed by atoms with van der Waals surface area (Å²) < 4.78 is 5.42. The van der Waals surface area contributed by atoms with Gasteiger partial charge in [-0.1, -0.05) is 60.7 Å². The van der Waals surface area contributed by atoms with Crippen LogP contribution in [0.25, 0.3) is 0 Å². The third-order valence-electron chi connectivity index (χ3n) is 3.02. The maximum absolute atomic E-state index is 9.78. The molecule has 0 saturated carbocycles. The molecule has 2 nitrogen and oxygen atoms in total. The Labute approximate surface area is 114 Å². The number of aryl methyl sites for hydroxylation is 1. The Morgan fingerprint density at radius 1 is 0.842 bits per heavy atom. The monoisotopic (exact) mass is 256 g/mol. The molecule has 2 aromatic carbocycles.